The number of hydrogen-bond donors (Lipinski definition) is 2. The van der Waals surface area contributed by atoms with Crippen LogP contribution in [0.15, 0.2) is 24.3 Å². The van der Waals surface area contributed by atoms with Gasteiger partial charge in [-0.3, -0.25) is 4.79 Å². The van der Waals surface area contributed by atoms with E-state index in [2.05, 4.69) is 24.0 Å². The van der Waals surface area contributed by atoms with Crippen molar-refractivity contribution < 1.29 is 4.79 Å². The molecule has 0 bridgehead atoms. The van der Waals surface area contributed by atoms with Crippen molar-refractivity contribution in [3.05, 3.63) is 35.4 Å². The summed E-state index contributed by atoms with van der Waals surface area (Å²) in [5, 5.41) is 0. The molecule has 0 radical (unpaired) electrons. The van der Waals surface area contributed by atoms with Crippen LogP contribution in [0.25, 0.3) is 0 Å². The monoisotopic (exact) mass is 261 g/mol. The van der Waals surface area contributed by atoms with Crippen LogP contribution in [0.4, 0.5) is 0 Å². The number of carbonyl (C=O) groups excluding carboxylic acids is 1. The Balaban J connectivity index is 1.89. The third kappa shape index (κ3) is 3.55. The van der Waals surface area contributed by atoms with E-state index in [-0.39, 0.29) is 17.9 Å². The van der Waals surface area contributed by atoms with Gasteiger partial charge in [0.2, 0.25) is 5.91 Å². The fourth-order valence-corrected chi connectivity index (χ4v) is 2.78. The highest BCUT2D eigenvalue weighted by Crippen LogP contribution is 2.21. The Morgan fingerprint density at radius 3 is 2.58 bits per heavy atom. The summed E-state index contributed by atoms with van der Waals surface area (Å²) in [4.78, 5) is 13.5. The van der Waals surface area contributed by atoms with Crippen molar-refractivity contribution in [1.29, 1.82) is 0 Å². The highest BCUT2D eigenvalue weighted by Gasteiger charge is 2.24. The van der Waals surface area contributed by atoms with E-state index in [4.69, 9.17) is 11.5 Å². The van der Waals surface area contributed by atoms with Crippen molar-refractivity contribution in [2.24, 2.45) is 17.4 Å². The smallest absolute Gasteiger partial charge is 0.220 e. The number of likely N-dealkylation sites (tertiary alicyclic amines) is 1. The minimum atomic E-state index is -0.164. The van der Waals surface area contributed by atoms with Gasteiger partial charge in [0, 0.05) is 18.5 Å². The summed E-state index contributed by atoms with van der Waals surface area (Å²) < 4.78 is 0. The summed E-state index contributed by atoms with van der Waals surface area (Å²) in [6.07, 6.45) is 1.71. The van der Waals surface area contributed by atoms with Crippen LogP contribution in [-0.2, 0) is 4.79 Å². The van der Waals surface area contributed by atoms with Crippen molar-refractivity contribution in [2.75, 3.05) is 19.6 Å². The first-order valence-corrected chi connectivity index (χ1v) is 6.90. The normalized spacial score (nSPS) is 19.3. The molecule has 2 rings (SSSR count). The lowest BCUT2D eigenvalue weighted by Gasteiger charge is -2.32. The van der Waals surface area contributed by atoms with Crippen molar-refractivity contribution in [1.82, 2.24) is 4.90 Å². The molecule has 4 N–H and O–H groups in total. The summed E-state index contributed by atoms with van der Waals surface area (Å²) in [6, 6.07) is 8.28. The zero-order chi connectivity index (χ0) is 13.8. The zero-order valence-corrected chi connectivity index (χ0v) is 11.5. The fourth-order valence-electron chi connectivity index (χ4n) is 2.78. The number of aryl methyl sites for hydroxylation is 1. The Kier molecular flexibility index (Phi) is 4.56. The molecule has 1 atom stereocenters. The van der Waals surface area contributed by atoms with Gasteiger partial charge in [-0.25, -0.2) is 0 Å². The summed E-state index contributed by atoms with van der Waals surface area (Å²) in [7, 11) is 0. The van der Waals surface area contributed by atoms with Gasteiger partial charge < -0.3 is 16.4 Å². The first-order valence-electron chi connectivity index (χ1n) is 6.90. The van der Waals surface area contributed by atoms with Crippen molar-refractivity contribution in [3.63, 3.8) is 0 Å². The van der Waals surface area contributed by atoms with E-state index in [0.29, 0.717) is 0 Å². The molecular weight excluding hydrogens is 238 g/mol. The molecule has 1 unspecified atom stereocenters. The second-order valence-corrected chi connectivity index (χ2v) is 5.44. The number of nitrogens with two attached hydrogens (primary N) is 2. The third-order valence-corrected chi connectivity index (χ3v) is 4.03. The standard InChI is InChI=1S/C15H23N3O/c1-11-4-2-3-5-13(11)14(16)10-18-8-6-12(7-9-18)15(17)19/h2-5,12,14H,6-10,16H2,1H3,(H2,17,19). The van der Waals surface area contributed by atoms with Gasteiger partial charge >= 0.3 is 0 Å². The molecule has 0 aromatic heterocycles. The first-order chi connectivity index (χ1) is 9.08. The topological polar surface area (TPSA) is 72.3 Å². The van der Waals surface area contributed by atoms with Crippen LogP contribution in [0.3, 0.4) is 0 Å². The van der Waals surface area contributed by atoms with Crippen LogP contribution in [0.1, 0.15) is 30.0 Å². The second kappa shape index (κ2) is 6.17. The fraction of sp³-hybridized carbons (Fsp3) is 0.533. The first kappa shape index (κ1) is 14.0. The Labute approximate surface area is 114 Å². The molecule has 4 heteroatoms. The van der Waals surface area contributed by atoms with E-state index in [1.807, 2.05) is 12.1 Å². The highest BCUT2D eigenvalue weighted by atomic mass is 16.1. The van der Waals surface area contributed by atoms with Crippen LogP contribution in [0, 0.1) is 12.8 Å². The predicted octanol–water partition coefficient (Wildman–Crippen LogP) is 1.19. The van der Waals surface area contributed by atoms with Crippen molar-refractivity contribution >= 4 is 5.91 Å². The number of primary amides is 1. The second-order valence-electron chi connectivity index (χ2n) is 5.44. The number of piperidine rings is 1. The van der Waals surface area contributed by atoms with E-state index in [9.17, 15) is 4.79 Å². The Bertz CT molecular complexity index is 439. The van der Waals surface area contributed by atoms with Gasteiger partial charge in [0.05, 0.1) is 0 Å². The average molecular weight is 261 g/mol. The molecule has 1 aliphatic heterocycles. The number of nitrogens with zero attached hydrogens (tertiary/aromatic N) is 1. The molecule has 1 aromatic carbocycles. The van der Waals surface area contributed by atoms with E-state index in [1.165, 1.54) is 11.1 Å². The lowest BCUT2D eigenvalue weighted by atomic mass is 9.95. The summed E-state index contributed by atoms with van der Waals surface area (Å²) in [5.41, 5.74) is 14.1. The number of carbonyl (C=O) groups is 1. The van der Waals surface area contributed by atoms with Gasteiger partial charge in [0.1, 0.15) is 0 Å². The highest BCUT2D eigenvalue weighted by molar-refractivity contribution is 5.76. The molecule has 1 amide bonds. The molecule has 0 aliphatic carbocycles. The van der Waals surface area contributed by atoms with Crippen LogP contribution in [0.5, 0.6) is 0 Å². The maximum absolute atomic E-state index is 11.1. The molecule has 4 nitrogen and oxygen atoms in total. The molecule has 1 heterocycles. The summed E-state index contributed by atoms with van der Waals surface area (Å²) >= 11 is 0. The zero-order valence-electron chi connectivity index (χ0n) is 11.5. The number of hydrogen-bond acceptors (Lipinski definition) is 3. The van der Waals surface area contributed by atoms with E-state index in [1.54, 1.807) is 0 Å². The Morgan fingerprint density at radius 1 is 1.37 bits per heavy atom. The summed E-state index contributed by atoms with van der Waals surface area (Å²) in [5.74, 6) is -0.117. The molecular formula is C15H23N3O. The average Bonchev–Trinajstić information content (AvgIpc) is 2.39. The largest absolute Gasteiger partial charge is 0.369 e. The van der Waals surface area contributed by atoms with Gasteiger partial charge in [-0.05, 0) is 44.0 Å². The van der Waals surface area contributed by atoms with Crippen molar-refractivity contribution in [3.8, 4) is 0 Å². The molecule has 104 valence electrons. The number of rotatable bonds is 4. The quantitative estimate of drug-likeness (QED) is 0.855. The predicted molar refractivity (Wildman–Crippen MR) is 76.5 cm³/mol. The Morgan fingerprint density at radius 2 is 2.00 bits per heavy atom. The lowest BCUT2D eigenvalue weighted by Crippen LogP contribution is -2.41. The van der Waals surface area contributed by atoms with E-state index < -0.39 is 0 Å². The maximum atomic E-state index is 11.1. The summed E-state index contributed by atoms with van der Waals surface area (Å²) in [6.45, 7) is 4.76. The van der Waals surface area contributed by atoms with E-state index in [0.717, 1.165) is 32.5 Å². The molecule has 1 saturated heterocycles. The molecule has 1 aromatic rings. The van der Waals surface area contributed by atoms with Crippen LogP contribution in [0.2, 0.25) is 0 Å². The van der Waals surface area contributed by atoms with Gasteiger partial charge in [0.25, 0.3) is 0 Å². The molecule has 0 spiro atoms. The van der Waals surface area contributed by atoms with Gasteiger partial charge in [-0.1, -0.05) is 24.3 Å². The SMILES string of the molecule is Cc1ccccc1C(N)CN1CCC(C(N)=O)CC1. The number of amides is 1. The number of benzene rings is 1. The van der Waals surface area contributed by atoms with Crippen LogP contribution in [-0.4, -0.2) is 30.4 Å². The van der Waals surface area contributed by atoms with Gasteiger partial charge in [0.15, 0.2) is 0 Å². The van der Waals surface area contributed by atoms with Crippen molar-refractivity contribution in [2.45, 2.75) is 25.8 Å². The molecule has 0 saturated carbocycles. The van der Waals surface area contributed by atoms with E-state index >= 15 is 0 Å². The molecule has 19 heavy (non-hydrogen) atoms. The van der Waals surface area contributed by atoms with Gasteiger partial charge in [-0.2, -0.15) is 0 Å². The lowest BCUT2D eigenvalue weighted by molar-refractivity contribution is -0.123. The minimum absolute atomic E-state index is 0.0336. The van der Waals surface area contributed by atoms with Crippen LogP contribution >= 0.6 is 0 Å². The van der Waals surface area contributed by atoms with Gasteiger partial charge in [-0.15, -0.1) is 0 Å². The molecule has 1 aliphatic rings. The maximum Gasteiger partial charge on any atom is 0.220 e. The molecule has 1 fully saturated rings. The Hall–Kier alpha value is -1.39. The third-order valence-electron chi connectivity index (χ3n) is 4.03. The minimum Gasteiger partial charge on any atom is -0.369 e. The van der Waals surface area contributed by atoms with Crippen LogP contribution < -0.4 is 11.5 Å².